The van der Waals surface area contributed by atoms with Crippen LogP contribution in [0.2, 0.25) is 0 Å². The number of hydrogen-bond donors (Lipinski definition) is 3. The van der Waals surface area contributed by atoms with Crippen LogP contribution in [-0.4, -0.2) is 29.6 Å². The van der Waals surface area contributed by atoms with Gasteiger partial charge in [-0.2, -0.15) is 0 Å². The summed E-state index contributed by atoms with van der Waals surface area (Å²) in [5, 5.41) is 11.1. The maximum atomic E-state index is 10.5. The van der Waals surface area contributed by atoms with E-state index in [1.54, 1.807) is 0 Å². The molecular weight excluding hydrogens is 160 g/mol. The molecule has 0 aromatic heterocycles. The average molecular weight is 174 g/mol. The molecule has 0 aliphatic rings. The number of amides is 1. The van der Waals surface area contributed by atoms with Gasteiger partial charge in [-0.3, -0.25) is 14.9 Å². The van der Waals surface area contributed by atoms with Crippen molar-refractivity contribution in [3.63, 3.8) is 0 Å². The van der Waals surface area contributed by atoms with E-state index in [4.69, 9.17) is 10.8 Å². The van der Waals surface area contributed by atoms with Crippen LogP contribution in [0.1, 0.15) is 19.8 Å². The molecule has 0 aromatic carbocycles. The zero-order valence-electron chi connectivity index (χ0n) is 7.04. The van der Waals surface area contributed by atoms with E-state index < -0.39 is 17.9 Å². The molecule has 1 atom stereocenters. The van der Waals surface area contributed by atoms with E-state index in [2.05, 4.69) is 5.32 Å². The average Bonchev–Trinajstić information content (AvgIpc) is 1.96. The number of primary amides is 1. The quantitative estimate of drug-likeness (QED) is 0.497. The second-order valence-electron chi connectivity index (χ2n) is 2.53. The van der Waals surface area contributed by atoms with Gasteiger partial charge in [-0.1, -0.05) is 13.3 Å². The SMILES string of the molecule is CCCC(NCC(N)=O)C(=O)O. The smallest absolute Gasteiger partial charge is 0.320 e. The molecule has 5 nitrogen and oxygen atoms in total. The first-order valence-electron chi connectivity index (χ1n) is 3.82. The van der Waals surface area contributed by atoms with Crippen LogP contribution in [0.3, 0.4) is 0 Å². The molecule has 0 heterocycles. The van der Waals surface area contributed by atoms with Gasteiger partial charge in [0.05, 0.1) is 6.54 Å². The molecule has 0 saturated heterocycles. The van der Waals surface area contributed by atoms with E-state index in [-0.39, 0.29) is 6.54 Å². The van der Waals surface area contributed by atoms with Crippen LogP contribution < -0.4 is 11.1 Å². The Hall–Kier alpha value is -1.10. The van der Waals surface area contributed by atoms with Crippen molar-refractivity contribution in [2.45, 2.75) is 25.8 Å². The summed E-state index contributed by atoms with van der Waals surface area (Å²) in [5.74, 6) is -1.49. The van der Waals surface area contributed by atoms with Gasteiger partial charge in [-0.15, -0.1) is 0 Å². The summed E-state index contributed by atoms with van der Waals surface area (Å²) >= 11 is 0. The van der Waals surface area contributed by atoms with Crippen molar-refractivity contribution in [2.24, 2.45) is 5.73 Å². The Morgan fingerprint density at radius 2 is 2.17 bits per heavy atom. The first-order chi connectivity index (χ1) is 5.57. The van der Waals surface area contributed by atoms with Crippen LogP contribution in [0.4, 0.5) is 0 Å². The number of carboxylic acids is 1. The predicted molar refractivity (Wildman–Crippen MR) is 43.5 cm³/mol. The van der Waals surface area contributed by atoms with Crippen molar-refractivity contribution >= 4 is 11.9 Å². The fraction of sp³-hybridized carbons (Fsp3) is 0.714. The summed E-state index contributed by atoms with van der Waals surface area (Å²) < 4.78 is 0. The van der Waals surface area contributed by atoms with Crippen molar-refractivity contribution in [1.29, 1.82) is 0 Å². The molecule has 0 aromatic rings. The highest BCUT2D eigenvalue weighted by atomic mass is 16.4. The summed E-state index contributed by atoms with van der Waals surface area (Å²) in [7, 11) is 0. The fourth-order valence-corrected chi connectivity index (χ4v) is 0.825. The van der Waals surface area contributed by atoms with Crippen molar-refractivity contribution in [3.05, 3.63) is 0 Å². The lowest BCUT2D eigenvalue weighted by atomic mass is 10.2. The number of carbonyl (C=O) groups excluding carboxylic acids is 1. The number of carboxylic acid groups (broad SMARTS) is 1. The lowest BCUT2D eigenvalue weighted by Gasteiger charge is -2.11. The monoisotopic (exact) mass is 174 g/mol. The summed E-state index contributed by atoms with van der Waals surface area (Å²) in [6.45, 7) is 1.79. The minimum atomic E-state index is -0.946. The Morgan fingerprint density at radius 1 is 1.58 bits per heavy atom. The molecule has 0 radical (unpaired) electrons. The third-order valence-corrected chi connectivity index (χ3v) is 1.40. The second-order valence-corrected chi connectivity index (χ2v) is 2.53. The number of nitrogens with one attached hydrogen (secondary N) is 1. The van der Waals surface area contributed by atoms with Crippen LogP contribution in [-0.2, 0) is 9.59 Å². The Labute approximate surface area is 70.9 Å². The molecule has 1 amide bonds. The number of rotatable bonds is 6. The maximum absolute atomic E-state index is 10.5. The molecular formula is C7H14N2O3. The van der Waals surface area contributed by atoms with Gasteiger partial charge in [0.1, 0.15) is 6.04 Å². The van der Waals surface area contributed by atoms with Gasteiger partial charge >= 0.3 is 5.97 Å². The van der Waals surface area contributed by atoms with E-state index in [9.17, 15) is 9.59 Å². The van der Waals surface area contributed by atoms with Crippen LogP contribution in [0.5, 0.6) is 0 Å². The number of hydrogen-bond acceptors (Lipinski definition) is 3. The van der Waals surface area contributed by atoms with Crippen LogP contribution in [0.15, 0.2) is 0 Å². The van der Waals surface area contributed by atoms with Crippen LogP contribution in [0.25, 0.3) is 0 Å². The molecule has 0 aliphatic heterocycles. The normalized spacial score (nSPS) is 12.4. The topological polar surface area (TPSA) is 92.4 Å². The standard InChI is InChI=1S/C7H14N2O3/c1-2-3-5(7(11)12)9-4-6(8)10/h5,9H,2-4H2,1H3,(H2,8,10)(H,11,12). The van der Waals surface area contributed by atoms with E-state index in [1.165, 1.54) is 0 Å². The van der Waals surface area contributed by atoms with Gasteiger partial charge in [-0.25, -0.2) is 0 Å². The summed E-state index contributed by atoms with van der Waals surface area (Å²) in [5.41, 5.74) is 4.84. The highest BCUT2D eigenvalue weighted by Crippen LogP contribution is 1.95. The van der Waals surface area contributed by atoms with Crippen LogP contribution >= 0.6 is 0 Å². The Bertz CT molecular complexity index is 170. The van der Waals surface area contributed by atoms with Gasteiger partial charge in [0, 0.05) is 0 Å². The molecule has 0 rings (SSSR count). The van der Waals surface area contributed by atoms with E-state index in [0.717, 1.165) is 6.42 Å². The molecule has 0 aliphatic carbocycles. The number of nitrogens with two attached hydrogens (primary N) is 1. The molecule has 0 fully saturated rings. The third-order valence-electron chi connectivity index (χ3n) is 1.40. The largest absolute Gasteiger partial charge is 0.480 e. The van der Waals surface area contributed by atoms with Gasteiger partial charge < -0.3 is 10.8 Å². The Morgan fingerprint density at radius 3 is 2.50 bits per heavy atom. The van der Waals surface area contributed by atoms with E-state index in [0.29, 0.717) is 6.42 Å². The first-order valence-corrected chi connectivity index (χ1v) is 3.82. The highest BCUT2D eigenvalue weighted by Gasteiger charge is 2.15. The number of aliphatic carboxylic acids is 1. The maximum Gasteiger partial charge on any atom is 0.320 e. The lowest BCUT2D eigenvalue weighted by Crippen LogP contribution is -2.41. The predicted octanol–water partition coefficient (Wildman–Crippen LogP) is -0.685. The number of carbonyl (C=O) groups is 2. The second kappa shape index (κ2) is 5.54. The molecule has 1 unspecified atom stereocenters. The van der Waals surface area contributed by atoms with Gasteiger partial charge in [0.2, 0.25) is 5.91 Å². The van der Waals surface area contributed by atoms with E-state index in [1.807, 2.05) is 6.92 Å². The van der Waals surface area contributed by atoms with Crippen molar-refractivity contribution in [3.8, 4) is 0 Å². The van der Waals surface area contributed by atoms with Gasteiger partial charge in [0.25, 0.3) is 0 Å². The molecule has 4 N–H and O–H groups in total. The Kier molecular flexibility index (Phi) is 5.03. The van der Waals surface area contributed by atoms with Gasteiger partial charge in [0.15, 0.2) is 0 Å². The fourth-order valence-electron chi connectivity index (χ4n) is 0.825. The van der Waals surface area contributed by atoms with Crippen molar-refractivity contribution in [1.82, 2.24) is 5.32 Å². The highest BCUT2D eigenvalue weighted by molar-refractivity contribution is 5.78. The Balaban J connectivity index is 3.79. The van der Waals surface area contributed by atoms with Gasteiger partial charge in [-0.05, 0) is 6.42 Å². The lowest BCUT2D eigenvalue weighted by molar-refractivity contribution is -0.139. The molecule has 5 heteroatoms. The molecule has 0 bridgehead atoms. The first kappa shape index (κ1) is 10.9. The zero-order chi connectivity index (χ0) is 9.56. The molecule has 12 heavy (non-hydrogen) atoms. The molecule has 70 valence electrons. The van der Waals surface area contributed by atoms with Crippen molar-refractivity contribution < 1.29 is 14.7 Å². The summed E-state index contributed by atoms with van der Waals surface area (Å²) in [6, 6.07) is -0.664. The molecule has 0 spiro atoms. The summed E-state index contributed by atoms with van der Waals surface area (Å²) in [6.07, 6.45) is 1.26. The minimum absolute atomic E-state index is 0.0863. The summed E-state index contributed by atoms with van der Waals surface area (Å²) in [4.78, 5) is 20.8. The van der Waals surface area contributed by atoms with Crippen molar-refractivity contribution in [2.75, 3.05) is 6.54 Å². The third kappa shape index (κ3) is 4.68. The van der Waals surface area contributed by atoms with Crippen LogP contribution in [0, 0.1) is 0 Å². The molecule has 0 saturated carbocycles. The van der Waals surface area contributed by atoms with E-state index >= 15 is 0 Å². The minimum Gasteiger partial charge on any atom is -0.480 e. The zero-order valence-corrected chi connectivity index (χ0v) is 7.04.